The lowest BCUT2D eigenvalue weighted by Gasteiger charge is -2.12. The van der Waals surface area contributed by atoms with Gasteiger partial charge >= 0.3 is 5.97 Å². The van der Waals surface area contributed by atoms with Crippen LogP contribution in [0.2, 0.25) is 5.02 Å². The van der Waals surface area contributed by atoms with Crippen molar-refractivity contribution in [3.63, 3.8) is 0 Å². The van der Waals surface area contributed by atoms with Crippen molar-refractivity contribution in [2.75, 3.05) is 6.61 Å². The molecule has 0 heterocycles. The molecule has 4 nitrogen and oxygen atoms in total. The number of hydrogen-bond donors (Lipinski definition) is 0. The SMILES string of the molecule is CCOC(=O)c1ccc(CS(=O)[O-])c(C)c1Cl. The molecule has 17 heavy (non-hydrogen) atoms. The smallest absolute Gasteiger partial charge is 0.339 e. The zero-order valence-corrected chi connectivity index (χ0v) is 11.1. The van der Waals surface area contributed by atoms with Gasteiger partial charge in [0.15, 0.2) is 0 Å². The summed E-state index contributed by atoms with van der Waals surface area (Å²) in [7, 11) is 0. The Kier molecular flexibility index (Phi) is 5.11. The topological polar surface area (TPSA) is 66.4 Å². The number of hydrogen-bond acceptors (Lipinski definition) is 4. The third kappa shape index (κ3) is 3.52. The molecule has 1 rings (SSSR count). The fourth-order valence-electron chi connectivity index (χ4n) is 1.37. The number of carbonyl (C=O) groups is 1. The summed E-state index contributed by atoms with van der Waals surface area (Å²) in [5, 5.41) is 0.242. The van der Waals surface area contributed by atoms with Gasteiger partial charge in [0.1, 0.15) is 0 Å². The van der Waals surface area contributed by atoms with E-state index in [0.29, 0.717) is 11.1 Å². The van der Waals surface area contributed by atoms with Gasteiger partial charge in [-0.25, -0.2) is 4.79 Å². The summed E-state index contributed by atoms with van der Waals surface area (Å²) in [6.07, 6.45) is 0. The summed E-state index contributed by atoms with van der Waals surface area (Å²) in [6, 6.07) is 3.05. The van der Waals surface area contributed by atoms with E-state index in [1.54, 1.807) is 19.9 Å². The Bertz CT molecular complexity index is 459. The summed E-state index contributed by atoms with van der Waals surface area (Å²) in [6.45, 7) is 3.64. The quantitative estimate of drug-likeness (QED) is 0.624. The van der Waals surface area contributed by atoms with Crippen LogP contribution in [-0.4, -0.2) is 21.3 Å². The van der Waals surface area contributed by atoms with Crippen LogP contribution in [0.4, 0.5) is 0 Å². The maximum absolute atomic E-state index is 11.5. The van der Waals surface area contributed by atoms with Gasteiger partial charge in [-0.3, -0.25) is 4.21 Å². The van der Waals surface area contributed by atoms with Gasteiger partial charge in [0, 0.05) is 5.75 Å². The van der Waals surface area contributed by atoms with Gasteiger partial charge in [-0.2, -0.15) is 0 Å². The predicted octanol–water partition coefficient (Wildman–Crippen LogP) is 2.20. The van der Waals surface area contributed by atoms with E-state index < -0.39 is 17.0 Å². The number of ether oxygens (including phenoxy) is 1. The Balaban J connectivity index is 3.10. The molecule has 1 aromatic rings. The Labute approximate surface area is 107 Å². The third-order valence-electron chi connectivity index (χ3n) is 2.27. The largest absolute Gasteiger partial charge is 0.772 e. The molecule has 0 aliphatic rings. The first kappa shape index (κ1) is 14.2. The van der Waals surface area contributed by atoms with Crippen molar-refractivity contribution in [3.8, 4) is 0 Å². The van der Waals surface area contributed by atoms with Crippen molar-refractivity contribution in [1.29, 1.82) is 0 Å². The maximum atomic E-state index is 11.5. The highest BCUT2D eigenvalue weighted by molar-refractivity contribution is 7.78. The van der Waals surface area contributed by atoms with Gasteiger partial charge in [-0.1, -0.05) is 28.7 Å². The molecule has 0 amide bonds. The number of carbonyl (C=O) groups excluding carboxylic acids is 1. The second-order valence-electron chi connectivity index (χ2n) is 3.38. The fraction of sp³-hybridized carbons (Fsp3) is 0.364. The average Bonchev–Trinajstić information content (AvgIpc) is 2.24. The van der Waals surface area contributed by atoms with E-state index >= 15 is 0 Å². The summed E-state index contributed by atoms with van der Waals surface area (Å²) in [5.74, 6) is -0.621. The molecule has 0 aromatic heterocycles. The zero-order valence-electron chi connectivity index (χ0n) is 9.49. The van der Waals surface area contributed by atoms with Crippen LogP contribution >= 0.6 is 11.6 Å². The van der Waals surface area contributed by atoms with Crippen LogP contribution in [0.15, 0.2) is 12.1 Å². The molecule has 0 spiro atoms. The summed E-state index contributed by atoms with van der Waals surface area (Å²) >= 11 is 3.83. The van der Waals surface area contributed by atoms with Crippen molar-refractivity contribution < 1.29 is 18.3 Å². The lowest BCUT2D eigenvalue weighted by atomic mass is 10.1. The van der Waals surface area contributed by atoms with E-state index in [2.05, 4.69) is 0 Å². The van der Waals surface area contributed by atoms with Crippen LogP contribution in [0, 0.1) is 6.92 Å². The summed E-state index contributed by atoms with van der Waals surface area (Å²) in [5.41, 5.74) is 1.42. The van der Waals surface area contributed by atoms with E-state index in [9.17, 15) is 13.6 Å². The third-order valence-corrected chi connectivity index (χ3v) is 3.30. The molecule has 0 radical (unpaired) electrons. The van der Waals surface area contributed by atoms with Gasteiger partial charge in [-0.05, 0) is 31.0 Å². The minimum absolute atomic E-state index is 0.116. The van der Waals surface area contributed by atoms with Gasteiger partial charge in [0.2, 0.25) is 0 Å². The molecule has 0 bridgehead atoms. The standard InChI is InChI=1S/C11H13ClO4S/c1-3-16-11(13)9-5-4-8(6-17(14)15)7(2)10(9)12/h4-5H,3,6H2,1-2H3,(H,14,15)/p-1. The lowest BCUT2D eigenvalue weighted by Crippen LogP contribution is -2.07. The Morgan fingerprint density at radius 1 is 1.53 bits per heavy atom. The molecule has 0 saturated heterocycles. The maximum Gasteiger partial charge on any atom is 0.339 e. The van der Waals surface area contributed by atoms with Gasteiger partial charge in [0.25, 0.3) is 0 Å². The Morgan fingerprint density at radius 2 is 2.18 bits per heavy atom. The van der Waals surface area contributed by atoms with E-state index in [1.807, 2.05) is 0 Å². The molecule has 1 atom stereocenters. The van der Waals surface area contributed by atoms with E-state index in [-0.39, 0.29) is 22.9 Å². The molecule has 94 valence electrons. The minimum atomic E-state index is -2.18. The van der Waals surface area contributed by atoms with Crippen molar-refractivity contribution in [2.24, 2.45) is 0 Å². The van der Waals surface area contributed by atoms with Crippen LogP contribution in [-0.2, 0) is 21.6 Å². The highest BCUT2D eigenvalue weighted by Crippen LogP contribution is 2.25. The first-order valence-electron chi connectivity index (χ1n) is 4.98. The van der Waals surface area contributed by atoms with Gasteiger partial charge in [0.05, 0.1) is 17.2 Å². The number of halogens is 1. The summed E-state index contributed by atoms with van der Waals surface area (Å²) < 4.78 is 26.1. The number of rotatable bonds is 4. The predicted molar refractivity (Wildman–Crippen MR) is 64.8 cm³/mol. The highest BCUT2D eigenvalue weighted by atomic mass is 35.5. The molecule has 0 fully saturated rings. The van der Waals surface area contributed by atoms with Crippen molar-refractivity contribution in [1.82, 2.24) is 0 Å². The fourth-order valence-corrected chi connectivity index (χ4v) is 2.20. The van der Waals surface area contributed by atoms with Crippen molar-refractivity contribution >= 4 is 28.7 Å². The molecule has 1 unspecified atom stereocenters. The molecule has 0 aliphatic carbocycles. The monoisotopic (exact) mass is 275 g/mol. The Morgan fingerprint density at radius 3 is 2.71 bits per heavy atom. The lowest BCUT2D eigenvalue weighted by molar-refractivity contribution is 0.0526. The number of benzene rings is 1. The zero-order chi connectivity index (χ0) is 13.0. The van der Waals surface area contributed by atoms with Crippen LogP contribution < -0.4 is 0 Å². The molecular weight excluding hydrogens is 264 g/mol. The summed E-state index contributed by atoms with van der Waals surface area (Å²) in [4.78, 5) is 11.5. The molecule has 0 saturated carbocycles. The second-order valence-corrected chi connectivity index (χ2v) is 4.65. The molecule has 0 aliphatic heterocycles. The van der Waals surface area contributed by atoms with Crippen LogP contribution in [0.25, 0.3) is 0 Å². The number of esters is 1. The van der Waals surface area contributed by atoms with E-state index in [4.69, 9.17) is 16.3 Å². The molecule has 1 aromatic carbocycles. The van der Waals surface area contributed by atoms with Crippen molar-refractivity contribution in [2.45, 2.75) is 19.6 Å². The normalized spacial score (nSPS) is 12.2. The van der Waals surface area contributed by atoms with Gasteiger partial charge in [-0.15, -0.1) is 0 Å². The molecular formula is C11H12ClO4S-. The van der Waals surface area contributed by atoms with Crippen LogP contribution in [0.1, 0.15) is 28.4 Å². The van der Waals surface area contributed by atoms with Crippen LogP contribution in [0.5, 0.6) is 0 Å². The van der Waals surface area contributed by atoms with Crippen LogP contribution in [0.3, 0.4) is 0 Å². The first-order valence-corrected chi connectivity index (χ1v) is 6.60. The molecule has 0 N–H and O–H groups in total. The molecule has 6 heteroatoms. The average molecular weight is 276 g/mol. The van der Waals surface area contributed by atoms with Gasteiger partial charge < -0.3 is 9.29 Å². The van der Waals surface area contributed by atoms with E-state index in [1.165, 1.54) is 6.07 Å². The first-order chi connectivity index (χ1) is 7.97. The Hall–Kier alpha value is -0.910. The minimum Gasteiger partial charge on any atom is -0.772 e. The highest BCUT2D eigenvalue weighted by Gasteiger charge is 2.15. The van der Waals surface area contributed by atoms with Crippen molar-refractivity contribution in [3.05, 3.63) is 33.8 Å². The van der Waals surface area contributed by atoms with E-state index in [0.717, 1.165) is 0 Å². The second kappa shape index (κ2) is 6.14.